The number of rotatable bonds is 6. The molecule has 128 valence electrons. The van der Waals surface area contributed by atoms with E-state index in [1.807, 2.05) is 12.1 Å². The molecule has 3 N–H and O–H groups in total. The van der Waals surface area contributed by atoms with Gasteiger partial charge in [0.25, 0.3) is 5.91 Å². The van der Waals surface area contributed by atoms with E-state index in [2.05, 4.69) is 19.2 Å². The van der Waals surface area contributed by atoms with Crippen molar-refractivity contribution in [2.75, 3.05) is 24.8 Å². The average molecular weight is 349 g/mol. The lowest BCUT2D eigenvalue weighted by Crippen LogP contribution is -2.14. The van der Waals surface area contributed by atoms with Gasteiger partial charge in [-0.2, -0.15) is 0 Å². The molecule has 0 heterocycles. The second-order valence-electron chi connectivity index (χ2n) is 5.76. The molecule has 0 atom stereocenters. The largest absolute Gasteiger partial charge is 0.496 e. The van der Waals surface area contributed by atoms with Crippen LogP contribution < -0.4 is 20.5 Å². The maximum absolute atomic E-state index is 12.5. The van der Waals surface area contributed by atoms with Gasteiger partial charge >= 0.3 is 0 Å². The number of nitrogens with one attached hydrogen (secondary N) is 1. The summed E-state index contributed by atoms with van der Waals surface area (Å²) in [4.78, 5) is 12.5. The van der Waals surface area contributed by atoms with Crippen LogP contribution in [0.15, 0.2) is 36.4 Å². The molecule has 0 bridgehead atoms. The molecule has 2 rings (SSSR count). The Morgan fingerprint density at radius 1 is 1.29 bits per heavy atom. The summed E-state index contributed by atoms with van der Waals surface area (Å²) in [6.07, 6.45) is 0. The second-order valence-corrected chi connectivity index (χ2v) is 6.17. The molecule has 5 nitrogen and oxygen atoms in total. The van der Waals surface area contributed by atoms with Crippen LogP contribution in [0, 0.1) is 5.92 Å². The number of halogens is 1. The molecule has 0 saturated heterocycles. The lowest BCUT2D eigenvalue weighted by Gasteiger charge is -2.13. The first-order valence-electron chi connectivity index (χ1n) is 7.58. The Labute approximate surface area is 146 Å². The third-order valence-corrected chi connectivity index (χ3v) is 3.57. The summed E-state index contributed by atoms with van der Waals surface area (Å²) in [6, 6.07) is 10.2. The molecule has 0 aliphatic carbocycles. The van der Waals surface area contributed by atoms with Crippen LogP contribution in [0.1, 0.15) is 24.2 Å². The van der Waals surface area contributed by atoms with E-state index in [0.717, 1.165) is 0 Å². The zero-order chi connectivity index (χ0) is 17.7. The van der Waals surface area contributed by atoms with Gasteiger partial charge in [-0.3, -0.25) is 4.79 Å². The van der Waals surface area contributed by atoms with Gasteiger partial charge in [0.05, 0.1) is 30.0 Å². The van der Waals surface area contributed by atoms with E-state index in [9.17, 15) is 4.79 Å². The number of anilines is 2. The van der Waals surface area contributed by atoms with Gasteiger partial charge in [-0.1, -0.05) is 31.5 Å². The van der Waals surface area contributed by atoms with Crippen molar-refractivity contribution in [3.05, 3.63) is 47.0 Å². The van der Waals surface area contributed by atoms with Gasteiger partial charge in [0.15, 0.2) is 0 Å². The molecule has 0 fully saturated rings. The average Bonchev–Trinajstić information content (AvgIpc) is 2.55. The van der Waals surface area contributed by atoms with Crippen LogP contribution in [0.25, 0.3) is 0 Å². The van der Waals surface area contributed by atoms with Crippen LogP contribution >= 0.6 is 11.6 Å². The fourth-order valence-corrected chi connectivity index (χ4v) is 2.20. The second kappa shape index (κ2) is 7.93. The molecule has 0 spiro atoms. The maximum atomic E-state index is 12.5. The predicted molar refractivity (Wildman–Crippen MR) is 97.1 cm³/mol. The Hall–Kier alpha value is -2.40. The van der Waals surface area contributed by atoms with Crippen molar-refractivity contribution in [2.45, 2.75) is 13.8 Å². The summed E-state index contributed by atoms with van der Waals surface area (Å²) in [5.41, 5.74) is 7.02. The zero-order valence-electron chi connectivity index (χ0n) is 13.9. The third kappa shape index (κ3) is 4.55. The van der Waals surface area contributed by atoms with Crippen molar-refractivity contribution >= 4 is 28.9 Å². The van der Waals surface area contributed by atoms with Crippen LogP contribution in [0.5, 0.6) is 11.5 Å². The number of hydrogen-bond donors (Lipinski definition) is 2. The number of hydrogen-bond acceptors (Lipinski definition) is 4. The number of carbonyl (C=O) groups is 1. The lowest BCUT2D eigenvalue weighted by atomic mass is 10.1. The highest BCUT2D eigenvalue weighted by Crippen LogP contribution is 2.29. The van der Waals surface area contributed by atoms with Crippen molar-refractivity contribution in [1.82, 2.24) is 0 Å². The minimum atomic E-state index is -0.338. The van der Waals surface area contributed by atoms with E-state index in [-0.39, 0.29) is 5.91 Å². The van der Waals surface area contributed by atoms with Crippen LogP contribution in [-0.2, 0) is 0 Å². The quantitative estimate of drug-likeness (QED) is 0.766. The Morgan fingerprint density at radius 3 is 2.71 bits per heavy atom. The van der Waals surface area contributed by atoms with Gasteiger partial charge in [0, 0.05) is 17.8 Å². The highest BCUT2D eigenvalue weighted by atomic mass is 35.5. The lowest BCUT2D eigenvalue weighted by molar-refractivity contribution is 0.102. The first-order chi connectivity index (χ1) is 11.4. The monoisotopic (exact) mass is 348 g/mol. The Morgan fingerprint density at radius 2 is 2.04 bits per heavy atom. The summed E-state index contributed by atoms with van der Waals surface area (Å²) in [6.45, 7) is 4.75. The van der Waals surface area contributed by atoms with E-state index >= 15 is 0 Å². The van der Waals surface area contributed by atoms with Crippen molar-refractivity contribution in [2.24, 2.45) is 5.92 Å². The van der Waals surface area contributed by atoms with Gasteiger partial charge in [-0.25, -0.2) is 0 Å². The fraction of sp³-hybridized carbons (Fsp3) is 0.278. The number of methoxy groups -OCH3 is 1. The Kier molecular flexibility index (Phi) is 5.93. The van der Waals surface area contributed by atoms with Crippen molar-refractivity contribution in [3.63, 3.8) is 0 Å². The summed E-state index contributed by atoms with van der Waals surface area (Å²) in [7, 11) is 1.47. The molecule has 2 aromatic carbocycles. The molecule has 0 aromatic heterocycles. The number of carbonyl (C=O) groups excluding carboxylic acids is 1. The predicted octanol–water partition coefficient (Wildman–Crippen LogP) is 4.22. The van der Waals surface area contributed by atoms with Crippen LogP contribution in [-0.4, -0.2) is 19.6 Å². The standard InChI is InChI=1S/C18H21ClN2O3/c1-11(2)10-24-13-6-4-5-12(7-13)21-18(22)14-8-15(19)16(20)9-17(14)23-3/h4-9,11H,10,20H2,1-3H3,(H,21,22). The summed E-state index contributed by atoms with van der Waals surface area (Å²) in [5, 5.41) is 3.11. The van der Waals surface area contributed by atoms with Gasteiger partial charge < -0.3 is 20.5 Å². The minimum Gasteiger partial charge on any atom is -0.496 e. The van der Waals surface area contributed by atoms with E-state index in [4.69, 9.17) is 26.8 Å². The number of nitrogens with two attached hydrogens (primary N) is 1. The van der Waals surface area contributed by atoms with E-state index in [1.54, 1.807) is 12.1 Å². The topological polar surface area (TPSA) is 73.6 Å². The number of amides is 1. The van der Waals surface area contributed by atoms with Crippen molar-refractivity contribution in [3.8, 4) is 11.5 Å². The first kappa shape index (κ1) is 17.9. The van der Waals surface area contributed by atoms with Gasteiger partial charge in [0.1, 0.15) is 11.5 Å². The molecule has 0 aliphatic rings. The van der Waals surface area contributed by atoms with Gasteiger partial charge in [0.2, 0.25) is 0 Å². The number of nitrogen functional groups attached to an aromatic ring is 1. The summed E-state index contributed by atoms with van der Waals surface area (Å²) in [5.74, 6) is 1.14. The minimum absolute atomic E-state index is 0.301. The molecule has 24 heavy (non-hydrogen) atoms. The molecule has 6 heteroatoms. The molecule has 0 aliphatic heterocycles. The van der Waals surface area contributed by atoms with Crippen LogP contribution in [0.4, 0.5) is 11.4 Å². The summed E-state index contributed by atoms with van der Waals surface area (Å²) >= 11 is 6.01. The molecule has 0 radical (unpaired) electrons. The number of ether oxygens (including phenoxy) is 2. The molecule has 1 amide bonds. The van der Waals surface area contributed by atoms with Crippen molar-refractivity contribution in [1.29, 1.82) is 0 Å². The summed E-state index contributed by atoms with van der Waals surface area (Å²) < 4.78 is 10.9. The fourth-order valence-electron chi connectivity index (χ4n) is 2.04. The first-order valence-corrected chi connectivity index (χ1v) is 7.95. The maximum Gasteiger partial charge on any atom is 0.259 e. The normalized spacial score (nSPS) is 10.5. The van der Waals surface area contributed by atoms with Gasteiger partial charge in [-0.15, -0.1) is 0 Å². The van der Waals surface area contributed by atoms with Crippen molar-refractivity contribution < 1.29 is 14.3 Å². The Balaban J connectivity index is 2.18. The highest BCUT2D eigenvalue weighted by molar-refractivity contribution is 6.33. The highest BCUT2D eigenvalue weighted by Gasteiger charge is 2.15. The van der Waals surface area contributed by atoms with E-state index in [0.29, 0.717) is 46.0 Å². The molecular formula is C18H21ClN2O3. The van der Waals surface area contributed by atoms with Gasteiger partial charge in [-0.05, 0) is 24.1 Å². The van der Waals surface area contributed by atoms with Crippen LogP contribution in [0.2, 0.25) is 5.02 Å². The number of benzene rings is 2. The smallest absolute Gasteiger partial charge is 0.259 e. The van der Waals surface area contributed by atoms with E-state index in [1.165, 1.54) is 19.2 Å². The zero-order valence-corrected chi connectivity index (χ0v) is 14.7. The van der Waals surface area contributed by atoms with E-state index < -0.39 is 0 Å². The third-order valence-electron chi connectivity index (χ3n) is 3.24. The molecular weight excluding hydrogens is 328 g/mol. The van der Waals surface area contributed by atoms with Crippen LogP contribution in [0.3, 0.4) is 0 Å². The SMILES string of the molecule is COc1cc(N)c(Cl)cc1C(=O)Nc1cccc(OCC(C)C)c1. The molecule has 0 saturated carbocycles. The molecule has 2 aromatic rings. The Bertz CT molecular complexity index is 732. The molecule has 0 unspecified atom stereocenters.